The van der Waals surface area contributed by atoms with Gasteiger partial charge in [-0.2, -0.15) is 5.10 Å². The first-order valence-electron chi connectivity index (χ1n) is 5.78. The molecule has 6 nitrogen and oxygen atoms in total. The van der Waals surface area contributed by atoms with Crippen LogP contribution >= 0.6 is 11.6 Å². The van der Waals surface area contributed by atoms with Crippen LogP contribution in [0.1, 0.15) is 15.9 Å². The molecule has 1 heterocycles. The van der Waals surface area contributed by atoms with E-state index in [4.69, 9.17) is 16.7 Å². The highest BCUT2D eigenvalue weighted by Gasteiger charge is 2.10. The number of hydrogen-bond donors (Lipinski definition) is 2. The number of carbonyl (C=O) groups is 2. The van der Waals surface area contributed by atoms with Crippen LogP contribution < -0.4 is 5.32 Å². The smallest absolute Gasteiger partial charge is 0.338 e. The van der Waals surface area contributed by atoms with Gasteiger partial charge in [-0.05, 0) is 24.6 Å². The Balaban J connectivity index is 2.05. The molecule has 20 heavy (non-hydrogen) atoms. The maximum Gasteiger partial charge on any atom is 0.338 e. The first-order valence-corrected chi connectivity index (χ1v) is 6.16. The lowest BCUT2D eigenvalue weighted by atomic mass is 10.2. The van der Waals surface area contributed by atoms with Gasteiger partial charge in [0, 0.05) is 16.9 Å². The first kappa shape index (κ1) is 14.1. The molecule has 0 aliphatic carbocycles. The Kier molecular flexibility index (Phi) is 4.05. The zero-order valence-electron chi connectivity index (χ0n) is 10.6. The Hall–Kier alpha value is -2.34. The third-order valence-electron chi connectivity index (χ3n) is 2.73. The molecule has 0 aliphatic rings. The lowest BCUT2D eigenvalue weighted by Crippen LogP contribution is -2.19. The molecule has 0 bridgehead atoms. The van der Waals surface area contributed by atoms with E-state index in [9.17, 15) is 9.59 Å². The fourth-order valence-electron chi connectivity index (χ4n) is 1.64. The molecule has 104 valence electrons. The standard InChI is InChI=1S/C13H12ClN3O3/c1-8-10(14)3-2-4-11(8)16-12(18)7-17-6-9(5-15-17)13(19)20/h2-6H,7H2,1H3,(H,16,18)(H,19,20). The molecule has 0 unspecified atom stereocenters. The van der Waals surface area contributed by atoms with Gasteiger partial charge < -0.3 is 10.4 Å². The number of halogens is 1. The summed E-state index contributed by atoms with van der Waals surface area (Å²) >= 11 is 5.96. The highest BCUT2D eigenvalue weighted by atomic mass is 35.5. The van der Waals surface area contributed by atoms with Crippen LogP contribution in [0.25, 0.3) is 0 Å². The topological polar surface area (TPSA) is 84.2 Å². The van der Waals surface area contributed by atoms with Crippen molar-refractivity contribution < 1.29 is 14.7 Å². The van der Waals surface area contributed by atoms with E-state index >= 15 is 0 Å². The Labute approximate surface area is 120 Å². The molecule has 0 saturated heterocycles. The summed E-state index contributed by atoms with van der Waals surface area (Å²) in [5.74, 6) is -1.39. The van der Waals surface area contributed by atoms with Gasteiger partial charge in [-0.3, -0.25) is 9.48 Å². The maximum atomic E-state index is 11.9. The SMILES string of the molecule is Cc1c(Cl)cccc1NC(=O)Cn1cc(C(=O)O)cn1. The van der Waals surface area contributed by atoms with Gasteiger partial charge in [-0.1, -0.05) is 17.7 Å². The highest BCUT2D eigenvalue weighted by molar-refractivity contribution is 6.31. The second kappa shape index (κ2) is 5.75. The monoisotopic (exact) mass is 293 g/mol. The minimum Gasteiger partial charge on any atom is -0.478 e. The van der Waals surface area contributed by atoms with Gasteiger partial charge in [0.1, 0.15) is 6.54 Å². The average Bonchev–Trinajstić information content (AvgIpc) is 2.83. The summed E-state index contributed by atoms with van der Waals surface area (Å²) in [6, 6.07) is 5.21. The Morgan fingerprint density at radius 3 is 2.85 bits per heavy atom. The molecule has 1 aromatic carbocycles. The quantitative estimate of drug-likeness (QED) is 0.905. The second-order valence-corrected chi connectivity index (χ2v) is 4.60. The predicted molar refractivity (Wildman–Crippen MR) is 74.0 cm³/mol. The Morgan fingerprint density at radius 2 is 2.20 bits per heavy atom. The summed E-state index contributed by atoms with van der Waals surface area (Å²) in [7, 11) is 0. The fourth-order valence-corrected chi connectivity index (χ4v) is 1.81. The molecule has 1 aromatic heterocycles. The highest BCUT2D eigenvalue weighted by Crippen LogP contribution is 2.22. The average molecular weight is 294 g/mol. The number of hydrogen-bond acceptors (Lipinski definition) is 3. The van der Waals surface area contributed by atoms with Crippen molar-refractivity contribution in [1.29, 1.82) is 0 Å². The second-order valence-electron chi connectivity index (χ2n) is 4.19. The summed E-state index contributed by atoms with van der Waals surface area (Å²) in [5, 5.41) is 15.8. The Bertz CT molecular complexity index is 667. The van der Waals surface area contributed by atoms with Crippen molar-refractivity contribution >= 4 is 29.2 Å². The van der Waals surface area contributed by atoms with Crippen LogP contribution in [0.2, 0.25) is 5.02 Å². The van der Waals surface area contributed by atoms with Crippen LogP contribution in [0.15, 0.2) is 30.6 Å². The molecular formula is C13H12ClN3O3. The number of rotatable bonds is 4. The Morgan fingerprint density at radius 1 is 1.45 bits per heavy atom. The van der Waals surface area contributed by atoms with E-state index in [0.29, 0.717) is 10.7 Å². The molecule has 0 spiro atoms. The van der Waals surface area contributed by atoms with Crippen LogP contribution in [0, 0.1) is 6.92 Å². The van der Waals surface area contributed by atoms with Crippen molar-refractivity contribution in [2.24, 2.45) is 0 Å². The summed E-state index contributed by atoms with van der Waals surface area (Å²) in [5.41, 5.74) is 1.43. The van der Waals surface area contributed by atoms with E-state index in [-0.39, 0.29) is 18.0 Å². The number of aromatic nitrogens is 2. The first-order chi connectivity index (χ1) is 9.47. The molecule has 0 aliphatic heterocycles. The normalized spacial score (nSPS) is 10.3. The van der Waals surface area contributed by atoms with Gasteiger partial charge in [-0.25, -0.2) is 4.79 Å². The van der Waals surface area contributed by atoms with E-state index in [1.807, 2.05) is 0 Å². The molecule has 2 rings (SSSR count). The van der Waals surface area contributed by atoms with Crippen molar-refractivity contribution in [2.45, 2.75) is 13.5 Å². The van der Waals surface area contributed by atoms with E-state index in [0.717, 1.165) is 5.56 Å². The predicted octanol–water partition coefficient (Wildman–Crippen LogP) is 2.18. The number of benzene rings is 1. The largest absolute Gasteiger partial charge is 0.478 e. The van der Waals surface area contributed by atoms with E-state index in [2.05, 4.69) is 10.4 Å². The van der Waals surface area contributed by atoms with Gasteiger partial charge in [-0.15, -0.1) is 0 Å². The molecule has 0 atom stereocenters. The van der Waals surface area contributed by atoms with E-state index < -0.39 is 5.97 Å². The minimum atomic E-state index is -1.08. The molecule has 1 amide bonds. The number of aromatic carboxylic acids is 1. The zero-order chi connectivity index (χ0) is 14.7. The van der Waals surface area contributed by atoms with Crippen molar-refractivity contribution in [3.8, 4) is 0 Å². The molecule has 2 aromatic rings. The number of carboxylic acid groups (broad SMARTS) is 1. The van der Waals surface area contributed by atoms with Crippen LogP contribution in [-0.2, 0) is 11.3 Å². The van der Waals surface area contributed by atoms with Crippen molar-refractivity contribution in [3.63, 3.8) is 0 Å². The zero-order valence-corrected chi connectivity index (χ0v) is 11.4. The number of amides is 1. The molecule has 0 radical (unpaired) electrons. The molecule has 0 saturated carbocycles. The number of anilines is 1. The van der Waals surface area contributed by atoms with Gasteiger partial charge in [0.05, 0.1) is 11.8 Å². The van der Waals surface area contributed by atoms with Crippen LogP contribution in [0.3, 0.4) is 0 Å². The minimum absolute atomic E-state index is 0.0386. The van der Waals surface area contributed by atoms with Gasteiger partial charge in [0.15, 0.2) is 0 Å². The van der Waals surface area contributed by atoms with Gasteiger partial charge >= 0.3 is 5.97 Å². The molecule has 0 fully saturated rings. The molecule has 7 heteroatoms. The van der Waals surface area contributed by atoms with Gasteiger partial charge in [0.2, 0.25) is 5.91 Å². The van der Waals surface area contributed by atoms with Crippen molar-refractivity contribution in [3.05, 3.63) is 46.7 Å². The van der Waals surface area contributed by atoms with Crippen molar-refractivity contribution in [1.82, 2.24) is 9.78 Å². The third-order valence-corrected chi connectivity index (χ3v) is 3.14. The maximum absolute atomic E-state index is 11.9. The third kappa shape index (κ3) is 3.16. The van der Waals surface area contributed by atoms with Gasteiger partial charge in [0.25, 0.3) is 0 Å². The van der Waals surface area contributed by atoms with Crippen molar-refractivity contribution in [2.75, 3.05) is 5.32 Å². The number of nitrogens with zero attached hydrogens (tertiary/aromatic N) is 2. The van der Waals surface area contributed by atoms with Crippen LogP contribution in [0.5, 0.6) is 0 Å². The van der Waals surface area contributed by atoms with Crippen LogP contribution in [0.4, 0.5) is 5.69 Å². The summed E-state index contributed by atoms with van der Waals surface area (Å²) in [6.07, 6.45) is 2.49. The number of carboxylic acids is 1. The lowest BCUT2D eigenvalue weighted by Gasteiger charge is -2.09. The number of nitrogens with one attached hydrogen (secondary N) is 1. The van der Waals surface area contributed by atoms with Crippen LogP contribution in [-0.4, -0.2) is 26.8 Å². The van der Waals surface area contributed by atoms with E-state index in [1.54, 1.807) is 25.1 Å². The summed E-state index contributed by atoms with van der Waals surface area (Å²) in [4.78, 5) is 22.6. The summed E-state index contributed by atoms with van der Waals surface area (Å²) in [6.45, 7) is 1.73. The number of carbonyl (C=O) groups excluding carboxylic acids is 1. The fraction of sp³-hybridized carbons (Fsp3) is 0.154. The molecule has 2 N–H and O–H groups in total. The molecular weight excluding hydrogens is 282 g/mol. The van der Waals surface area contributed by atoms with E-state index in [1.165, 1.54) is 17.1 Å². The lowest BCUT2D eigenvalue weighted by molar-refractivity contribution is -0.116. The summed E-state index contributed by atoms with van der Waals surface area (Å²) < 4.78 is 1.26.